The molecule has 0 fully saturated rings. The van der Waals surface area contributed by atoms with Crippen molar-refractivity contribution in [3.05, 3.63) is 28.0 Å². The van der Waals surface area contributed by atoms with Crippen LogP contribution >= 0.6 is 15.9 Å². The molecule has 1 aromatic rings. The fourth-order valence-electron chi connectivity index (χ4n) is 1.24. The number of halogens is 1. The number of hydroxylamine groups is 2. The Morgan fingerprint density at radius 2 is 2.31 bits per heavy atom. The van der Waals surface area contributed by atoms with Gasteiger partial charge in [0, 0.05) is 23.4 Å². The zero-order chi connectivity index (χ0) is 12.1. The number of amides is 1. The van der Waals surface area contributed by atoms with Gasteiger partial charge in [-0.1, -0.05) is 6.82 Å². The highest BCUT2D eigenvalue weighted by molar-refractivity contribution is 9.10. The van der Waals surface area contributed by atoms with Gasteiger partial charge in [0.25, 0.3) is 5.91 Å². The lowest BCUT2D eigenvalue weighted by molar-refractivity contribution is -0.0272. The number of nitrogens with zero attached hydrogens (tertiary/aromatic N) is 2. The molecule has 0 aromatic carbocycles. The van der Waals surface area contributed by atoms with E-state index in [2.05, 4.69) is 20.9 Å². The van der Waals surface area contributed by atoms with Gasteiger partial charge >= 0.3 is 7.48 Å². The van der Waals surface area contributed by atoms with E-state index in [0.717, 1.165) is 10.0 Å². The molecule has 1 radical (unpaired) electrons. The number of rotatable bonds is 4. The molecule has 0 bridgehead atoms. The number of hydrogen-bond donors (Lipinski definition) is 0. The van der Waals surface area contributed by atoms with Crippen molar-refractivity contribution in [1.29, 1.82) is 0 Å². The molecule has 4 nitrogen and oxygen atoms in total. The molecule has 0 aliphatic heterocycles. The Kier molecular flexibility index (Phi) is 4.95. The number of pyridine rings is 1. The van der Waals surface area contributed by atoms with Gasteiger partial charge in [-0.3, -0.25) is 9.78 Å². The maximum Gasteiger partial charge on any atom is 0.330 e. The monoisotopic (exact) mass is 283 g/mol. The molecule has 0 saturated carbocycles. The zero-order valence-electron chi connectivity index (χ0n) is 9.53. The number of carbonyl (C=O) groups is 1. The Labute approximate surface area is 104 Å². The van der Waals surface area contributed by atoms with Crippen molar-refractivity contribution in [3.63, 3.8) is 0 Å². The first-order valence-corrected chi connectivity index (χ1v) is 5.77. The molecule has 1 amide bonds. The average Bonchev–Trinajstić information content (AvgIpc) is 2.29. The lowest BCUT2D eigenvalue weighted by atomic mass is 10.1. The van der Waals surface area contributed by atoms with Crippen LogP contribution in [0.5, 0.6) is 0 Å². The van der Waals surface area contributed by atoms with Gasteiger partial charge in [-0.2, -0.15) is 0 Å². The second kappa shape index (κ2) is 6.01. The first-order chi connectivity index (χ1) is 7.61. The van der Waals surface area contributed by atoms with Crippen molar-refractivity contribution in [2.75, 3.05) is 6.54 Å². The summed E-state index contributed by atoms with van der Waals surface area (Å²) in [4.78, 5) is 16.0. The van der Waals surface area contributed by atoms with Crippen LogP contribution in [-0.4, -0.2) is 30.0 Å². The fourth-order valence-corrected chi connectivity index (χ4v) is 1.57. The van der Waals surface area contributed by atoms with Crippen molar-refractivity contribution in [1.82, 2.24) is 10.0 Å². The van der Waals surface area contributed by atoms with Crippen LogP contribution in [0.3, 0.4) is 0 Å². The van der Waals surface area contributed by atoms with Gasteiger partial charge in [-0.25, -0.2) is 5.06 Å². The smallest absolute Gasteiger partial charge is 0.330 e. The minimum Gasteiger partial charge on any atom is -0.342 e. The lowest BCUT2D eigenvalue weighted by Crippen LogP contribution is -2.32. The third kappa shape index (κ3) is 2.83. The largest absolute Gasteiger partial charge is 0.342 e. The third-order valence-electron chi connectivity index (χ3n) is 2.13. The zero-order valence-corrected chi connectivity index (χ0v) is 11.1. The molecule has 6 heteroatoms. The van der Waals surface area contributed by atoms with Crippen LogP contribution in [0, 0.1) is 6.92 Å². The van der Waals surface area contributed by atoms with Crippen LogP contribution < -0.4 is 0 Å². The molecule has 85 valence electrons. The van der Waals surface area contributed by atoms with Crippen LogP contribution in [0.15, 0.2) is 16.9 Å². The minimum atomic E-state index is -0.188. The van der Waals surface area contributed by atoms with Crippen LogP contribution in [-0.2, 0) is 4.76 Å². The number of hydrogen-bond acceptors (Lipinski definition) is 3. The molecular formula is C10H13BBrN2O2. The minimum absolute atomic E-state index is 0.188. The summed E-state index contributed by atoms with van der Waals surface area (Å²) in [5, 5.41) is 1.29. The highest BCUT2D eigenvalue weighted by atomic mass is 79.9. The van der Waals surface area contributed by atoms with Gasteiger partial charge < -0.3 is 4.76 Å². The molecule has 0 atom stereocenters. The fraction of sp³-hybridized carbons (Fsp3) is 0.400. The summed E-state index contributed by atoms with van der Waals surface area (Å²) >= 11 is 3.34. The molecule has 16 heavy (non-hydrogen) atoms. The van der Waals surface area contributed by atoms with E-state index in [1.54, 1.807) is 19.2 Å². The predicted octanol–water partition coefficient (Wildman–Crippen LogP) is 2.21. The summed E-state index contributed by atoms with van der Waals surface area (Å²) in [7, 11) is 1.47. The molecule has 0 unspecified atom stereocenters. The summed E-state index contributed by atoms with van der Waals surface area (Å²) in [6.45, 7) is 5.92. The van der Waals surface area contributed by atoms with Gasteiger partial charge in [-0.05, 0) is 35.3 Å². The van der Waals surface area contributed by atoms with Crippen LogP contribution in [0.25, 0.3) is 0 Å². The SMILES string of the molecule is C[B]ON(CC)C(=O)c1cncc(Br)c1C. The maximum atomic E-state index is 12.1. The summed E-state index contributed by atoms with van der Waals surface area (Å²) in [6.07, 6.45) is 3.21. The number of carbonyl (C=O) groups excluding carboxylic acids is 1. The highest BCUT2D eigenvalue weighted by Crippen LogP contribution is 2.19. The van der Waals surface area contributed by atoms with Crippen molar-refractivity contribution in [2.45, 2.75) is 20.7 Å². The molecular weight excluding hydrogens is 271 g/mol. The van der Waals surface area contributed by atoms with Crippen molar-refractivity contribution in [2.24, 2.45) is 0 Å². The number of aromatic nitrogens is 1. The van der Waals surface area contributed by atoms with E-state index >= 15 is 0 Å². The van der Waals surface area contributed by atoms with Crippen molar-refractivity contribution in [3.8, 4) is 0 Å². The van der Waals surface area contributed by atoms with E-state index in [1.807, 2.05) is 13.8 Å². The Morgan fingerprint density at radius 1 is 1.62 bits per heavy atom. The predicted molar refractivity (Wildman–Crippen MR) is 66.1 cm³/mol. The van der Waals surface area contributed by atoms with E-state index in [-0.39, 0.29) is 5.91 Å². The summed E-state index contributed by atoms with van der Waals surface area (Å²) in [5.74, 6) is -0.188. The van der Waals surface area contributed by atoms with E-state index in [9.17, 15) is 4.79 Å². The first kappa shape index (κ1) is 13.2. The average molecular weight is 284 g/mol. The normalized spacial score (nSPS) is 10.0. The van der Waals surface area contributed by atoms with Crippen LogP contribution in [0.4, 0.5) is 0 Å². The van der Waals surface area contributed by atoms with Gasteiger partial charge in [0.15, 0.2) is 0 Å². The van der Waals surface area contributed by atoms with Gasteiger partial charge in [0.2, 0.25) is 0 Å². The Hall–Kier alpha value is -0.875. The third-order valence-corrected chi connectivity index (χ3v) is 2.93. The highest BCUT2D eigenvalue weighted by Gasteiger charge is 2.17. The Balaban J connectivity index is 2.99. The standard InChI is InChI=1S/C10H13BBrN2O2/c1-4-14(16-11-3)10(15)8-5-13-6-9(12)7(8)2/h5-6H,4H2,1-3H3. The van der Waals surface area contributed by atoms with E-state index in [4.69, 9.17) is 4.76 Å². The molecule has 1 heterocycles. The molecule has 0 spiro atoms. The topological polar surface area (TPSA) is 42.4 Å². The second-order valence-corrected chi connectivity index (χ2v) is 3.99. The summed E-state index contributed by atoms with van der Waals surface area (Å²) in [6, 6.07) is 0. The van der Waals surface area contributed by atoms with Gasteiger partial charge in [0.05, 0.1) is 5.56 Å². The van der Waals surface area contributed by atoms with Gasteiger partial charge in [0.1, 0.15) is 0 Å². The first-order valence-electron chi connectivity index (χ1n) is 4.98. The van der Waals surface area contributed by atoms with E-state index in [1.165, 1.54) is 12.5 Å². The molecule has 1 rings (SSSR count). The molecule has 0 saturated heterocycles. The van der Waals surface area contributed by atoms with E-state index < -0.39 is 0 Å². The van der Waals surface area contributed by atoms with Crippen LogP contribution in [0.1, 0.15) is 22.8 Å². The van der Waals surface area contributed by atoms with Gasteiger partial charge in [-0.15, -0.1) is 0 Å². The van der Waals surface area contributed by atoms with E-state index in [0.29, 0.717) is 12.1 Å². The molecule has 1 aromatic heterocycles. The Morgan fingerprint density at radius 3 is 2.88 bits per heavy atom. The van der Waals surface area contributed by atoms with Crippen molar-refractivity contribution < 1.29 is 9.55 Å². The molecule has 0 aliphatic carbocycles. The lowest BCUT2D eigenvalue weighted by Gasteiger charge is -2.20. The second-order valence-electron chi connectivity index (χ2n) is 3.13. The summed E-state index contributed by atoms with van der Waals surface area (Å²) in [5.41, 5.74) is 1.40. The molecule has 0 N–H and O–H groups in total. The quantitative estimate of drug-likeness (QED) is 0.629. The van der Waals surface area contributed by atoms with Crippen molar-refractivity contribution >= 4 is 29.3 Å². The summed E-state index contributed by atoms with van der Waals surface area (Å²) < 4.78 is 5.93. The van der Waals surface area contributed by atoms with Crippen LogP contribution in [0.2, 0.25) is 6.82 Å². The maximum absolute atomic E-state index is 12.1. The Bertz CT molecular complexity index is 387. The molecule has 0 aliphatic rings.